The number of hydrogen-bond acceptors (Lipinski definition) is 8. The second-order valence-corrected chi connectivity index (χ2v) is 4.08. The second kappa shape index (κ2) is 5.96. The van der Waals surface area contributed by atoms with Gasteiger partial charge >= 0.3 is 12.0 Å². The number of tetrazole rings is 1. The molecule has 9 heteroatoms. The Balaban J connectivity index is 2.12. The smallest absolute Gasteiger partial charge is 0.363 e. The molecule has 94 valence electrons. The van der Waals surface area contributed by atoms with Crippen molar-refractivity contribution in [2.75, 3.05) is 0 Å². The average molecular weight is 266 g/mol. The third-order valence-electron chi connectivity index (χ3n) is 1.88. The number of rotatable bonds is 5. The van der Waals surface area contributed by atoms with E-state index in [1.807, 2.05) is 6.92 Å². The van der Waals surface area contributed by atoms with Gasteiger partial charge in [-0.1, -0.05) is 23.5 Å². The van der Waals surface area contributed by atoms with E-state index >= 15 is 0 Å². The summed E-state index contributed by atoms with van der Waals surface area (Å²) in [7, 11) is 0. The maximum absolute atomic E-state index is 11.8. The quantitative estimate of drug-likeness (QED) is 0.642. The Labute approximate surface area is 106 Å². The number of carbonyl (C=O) groups excluding carboxylic acids is 1. The van der Waals surface area contributed by atoms with E-state index in [9.17, 15) is 4.79 Å². The zero-order valence-electron chi connectivity index (χ0n) is 9.53. The fourth-order valence-electron chi connectivity index (χ4n) is 1.16. The van der Waals surface area contributed by atoms with Crippen molar-refractivity contribution in [3.05, 3.63) is 11.6 Å². The number of hydrogen-bond donors (Lipinski definition) is 1. The predicted molar refractivity (Wildman–Crippen MR) is 63.9 cm³/mol. The highest BCUT2D eigenvalue weighted by atomic mass is 32.1. The maximum Gasteiger partial charge on any atom is 0.363 e. The van der Waals surface area contributed by atoms with Gasteiger partial charge in [-0.25, -0.2) is 14.8 Å². The molecular formula is C9H10N6O2S. The van der Waals surface area contributed by atoms with Crippen molar-refractivity contribution in [3.63, 3.8) is 0 Å². The van der Waals surface area contributed by atoms with Crippen LogP contribution in [-0.4, -0.2) is 37.3 Å². The summed E-state index contributed by atoms with van der Waals surface area (Å²) in [5, 5.41) is 14.9. The molecule has 0 aliphatic carbocycles. The highest BCUT2D eigenvalue weighted by molar-refractivity contribution is 7.13. The van der Waals surface area contributed by atoms with Gasteiger partial charge < -0.3 is 4.74 Å². The summed E-state index contributed by atoms with van der Waals surface area (Å²) < 4.78 is 4.91. The SMILES string of the molecule is CCCC(=Nc1nccs1)C(=O)Oc1nn[nH]n1. The van der Waals surface area contributed by atoms with Crippen LogP contribution in [0, 0.1) is 0 Å². The van der Waals surface area contributed by atoms with Crippen molar-refractivity contribution in [2.24, 2.45) is 4.99 Å². The van der Waals surface area contributed by atoms with Gasteiger partial charge in [0.05, 0.1) is 0 Å². The van der Waals surface area contributed by atoms with Crippen LogP contribution in [0.2, 0.25) is 0 Å². The molecule has 0 saturated carbocycles. The van der Waals surface area contributed by atoms with Gasteiger partial charge in [0, 0.05) is 11.6 Å². The van der Waals surface area contributed by atoms with Gasteiger partial charge in [-0.15, -0.1) is 11.3 Å². The molecule has 0 saturated heterocycles. The average Bonchev–Trinajstić information content (AvgIpc) is 3.01. The molecule has 0 aromatic carbocycles. The minimum atomic E-state index is -0.589. The van der Waals surface area contributed by atoms with E-state index in [0.29, 0.717) is 11.6 Å². The first-order valence-corrected chi connectivity index (χ1v) is 6.10. The summed E-state index contributed by atoms with van der Waals surface area (Å²) in [5.74, 6) is -0.589. The zero-order valence-corrected chi connectivity index (χ0v) is 10.3. The highest BCUT2D eigenvalue weighted by Gasteiger charge is 2.16. The third-order valence-corrected chi connectivity index (χ3v) is 2.55. The van der Waals surface area contributed by atoms with Crippen LogP contribution in [-0.2, 0) is 4.79 Å². The van der Waals surface area contributed by atoms with E-state index in [4.69, 9.17) is 4.74 Å². The van der Waals surface area contributed by atoms with Gasteiger partial charge in [0.25, 0.3) is 0 Å². The van der Waals surface area contributed by atoms with Crippen molar-refractivity contribution < 1.29 is 9.53 Å². The molecule has 18 heavy (non-hydrogen) atoms. The minimum absolute atomic E-state index is 0.122. The first-order chi connectivity index (χ1) is 8.79. The summed E-state index contributed by atoms with van der Waals surface area (Å²) in [6.07, 6.45) is 2.89. The standard InChI is InChI=1S/C9H10N6O2S/c1-2-3-6(11-9-10-4-5-18-9)7(16)17-8-12-14-15-13-8/h4-5H,2-3H2,1H3,(H,12,13,14,15). The molecular weight excluding hydrogens is 256 g/mol. The lowest BCUT2D eigenvalue weighted by molar-refractivity contribution is -0.127. The Hall–Kier alpha value is -2.16. The first-order valence-electron chi connectivity index (χ1n) is 5.22. The summed E-state index contributed by atoms with van der Waals surface area (Å²) in [6.45, 7) is 1.94. The molecule has 0 fully saturated rings. The normalized spacial score (nSPS) is 11.5. The van der Waals surface area contributed by atoms with Crippen LogP contribution in [0.25, 0.3) is 0 Å². The topological polar surface area (TPSA) is 106 Å². The molecule has 2 rings (SSSR count). The predicted octanol–water partition coefficient (Wildman–Crippen LogP) is 1.13. The Morgan fingerprint density at radius 3 is 3.11 bits per heavy atom. The van der Waals surface area contributed by atoms with Crippen LogP contribution < -0.4 is 4.74 Å². The van der Waals surface area contributed by atoms with Crippen LogP contribution in [0.15, 0.2) is 16.6 Å². The molecule has 2 aromatic rings. The second-order valence-electron chi connectivity index (χ2n) is 3.21. The number of aromatic amines is 1. The van der Waals surface area contributed by atoms with Gasteiger partial charge in [-0.2, -0.15) is 5.21 Å². The van der Waals surface area contributed by atoms with E-state index in [-0.39, 0.29) is 11.7 Å². The van der Waals surface area contributed by atoms with Crippen molar-refractivity contribution in [2.45, 2.75) is 19.8 Å². The largest absolute Gasteiger partial charge is 0.384 e. The van der Waals surface area contributed by atoms with Gasteiger partial charge in [0.1, 0.15) is 5.71 Å². The molecule has 0 unspecified atom stereocenters. The monoisotopic (exact) mass is 266 g/mol. The Bertz CT molecular complexity index is 521. The van der Waals surface area contributed by atoms with Gasteiger partial charge in [0.15, 0.2) is 0 Å². The number of ether oxygens (including phenoxy) is 1. The number of aromatic nitrogens is 5. The number of carbonyl (C=O) groups is 1. The van der Waals surface area contributed by atoms with Crippen molar-refractivity contribution in [3.8, 4) is 6.01 Å². The van der Waals surface area contributed by atoms with Crippen molar-refractivity contribution in [1.82, 2.24) is 25.6 Å². The number of nitrogens with one attached hydrogen (secondary N) is 1. The molecule has 0 amide bonds. The number of aliphatic imine (C=N–C) groups is 1. The lowest BCUT2D eigenvalue weighted by Gasteiger charge is -2.01. The Kier molecular flexibility index (Phi) is 4.07. The van der Waals surface area contributed by atoms with Crippen LogP contribution >= 0.6 is 11.3 Å². The summed E-state index contributed by atoms with van der Waals surface area (Å²) >= 11 is 1.35. The molecule has 1 N–H and O–H groups in total. The van der Waals surface area contributed by atoms with E-state index < -0.39 is 5.97 Å². The van der Waals surface area contributed by atoms with Gasteiger partial charge in [0.2, 0.25) is 5.13 Å². The van der Waals surface area contributed by atoms with Gasteiger partial charge in [-0.3, -0.25) is 0 Å². The molecule has 0 aliphatic rings. The fraction of sp³-hybridized carbons (Fsp3) is 0.333. The van der Waals surface area contributed by atoms with Crippen molar-refractivity contribution in [1.29, 1.82) is 0 Å². The summed E-state index contributed by atoms with van der Waals surface area (Å²) in [5.41, 5.74) is 0.289. The molecule has 2 aromatic heterocycles. The van der Waals surface area contributed by atoms with E-state index in [2.05, 4.69) is 30.6 Å². The molecule has 0 spiro atoms. The highest BCUT2D eigenvalue weighted by Crippen LogP contribution is 2.16. The maximum atomic E-state index is 11.8. The fourth-order valence-corrected chi connectivity index (χ4v) is 1.69. The molecule has 0 radical (unpaired) electrons. The number of esters is 1. The van der Waals surface area contributed by atoms with Crippen molar-refractivity contribution >= 4 is 28.1 Å². The Morgan fingerprint density at radius 2 is 2.50 bits per heavy atom. The van der Waals surface area contributed by atoms with E-state index in [0.717, 1.165) is 6.42 Å². The number of H-pyrrole nitrogens is 1. The lowest BCUT2D eigenvalue weighted by atomic mass is 10.2. The van der Waals surface area contributed by atoms with Crippen LogP contribution in [0.1, 0.15) is 19.8 Å². The summed E-state index contributed by atoms with van der Waals surface area (Å²) in [6, 6.07) is -0.122. The lowest BCUT2D eigenvalue weighted by Crippen LogP contribution is -2.20. The van der Waals surface area contributed by atoms with E-state index in [1.54, 1.807) is 11.6 Å². The van der Waals surface area contributed by atoms with E-state index in [1.165, 1.54) is 11.3 Å². The molecule has 0 bridgehead atoms. The molecule has 2 heterocycles. The van der Waals surface area contributed by atoms with Crippen LogP contribution in [0.5, 0.6) is 6.01 Å². The number of thiazole rings is 1. The van der Waals surface area contributed by atoms with Gasteiger partial charge in [-0.05, 0) is 11.6 Å². The first kappa shape index (κ1) is 12.3. The van der Waals surface area contributed by atoms with Crippen LogP contribution in [0.4, 0.5) is 5.13 Å². The third kappa shape index (κ3) is 3.17. The molecule has 8 nitrogen and oxygen atoms in total. The molecule has 0 aliphatic heterocycles. The number of nitrogens with zero attached hydrogens (tertiary/aromatic N) is 5. The minimum Gasteiger partial charge on any atom is -0.384 e. The molecule has 0 atom stereocenters. The van der Waals surface area contributed by atoms with Crippen LogP contribution in [0.3, 0.4) is 0 Å². The summed E-state index contributed by atoms with van der Waals surface area (Å²) in [4.78, 5) is 20.0. The Morgan fingerprint density at radius 1 is 1.61 bits per heavy atom. The zero-order chi connectivity index (χ0) is 12.8.